The molecule has 0 fully saturated rings. The van der Waals surface area contributed by atoms with Gasteiger partial charge < -0.3 is 5.11 Å². The van der Waals surface area contributed by atoms with Gasteiger partial charge in [0.05, 0.1) is 18.1 Å². The van der Waals surface area contributed by atoms with E-state index in [9.17, 15) is 4.79 Å². The summed E-state index contributed by atoms with van der Waals surface area (Å²) in [6.45, 7) is 3.76. The molecule has 3 heteroatoms. The zero-order valence-electron chi connectivity index (χ0n) is 8.16. The van der Waals surface area contributed by atoms with Crippen molar-refractivity contribution in [3.8, 4) is 6.07 Å². The zero-order valence-corrected chi connectivity index (χ0v) is 8.16. The summed E-state index contributed by atoms with van der Waals surface area (Å²) in [4.78, 5) is 10.9. The largest absolute Gasteiger partial charge is 0.478 e. The minimum atomic E-state index is -0.974. The van der Waals surface area contributed by atoms with Crippen molar-refractivity contribution in [1.29, 1.82) is 5.26 Å². The SMILES string of the molecule is Cc1cc(CC#N)c(C(=O)O)cc1C. The highest BCUT2D eigenvalue weighted by atomic mass is 16.4. The summed E-state index contributed by atoms with van der Waals surface area (Å²) in [5, 5.41) is 17.4. The number of aryl methyl sites for hydroxylation is 2. The van der Waals surface area contributed by atoms with Gasteiger partial charge in [-0.2, -0.15) is 5.26 Å². The summed E-state index contributed by atoms with van der Waals surface area (Å²) in [6.07, 6.45) is 0.142. The number of carbonyl (C=O) groups is 1. The molecule has 0 unspecified atom stereocenters. The molecule has 3 nitrogen and oxygen atoms in total. The van der Waals surface area contributed by atoms with Crippen LogP contribution in [0.2, 0.25) is 0 Å². The molecule has 0 spiro atoms. The number of benzene rings is 1. The average Bonchev–Trinajstić information content (AvgIpc) is 2.11. The first-order chi connectivity index (χ1) is 6.56. The van der Waals surface area contributed by atoms with Gasteiger partial charge in [-0.05, 0) is 36.6 Å². The lowest BCUT2D eigenvalue weighted by Crippen LogP contribution is -2.03. The molecular weight excluding hydrogens is 178 g/mol. The maximum atomic E-state index is 10.9. The van der Waals surface area contributed by atoms with Gasteiger partial charge in [0, 0.05) is 0 Å². The molecule has 0 saturated heterocycles. The summed E-state index contributed by atoms with van der Waals surface area (Å²) in [5.74, 6) is -0.974. The second kappa shape index (κ2) is 3.93. The maximum absolute atomic E-state index is 10.9. The van der Waals surface area contributed by atoms with Gasteiger partial charge in [0.15, 0.2) is 0 Å². The Kier molecular flexibility index (Phi) is 2.88. The second-order valence-corrected chi connectivity index (χ2v) is 3.23. The minimum absolute atomic E-state index is 0.142. The Labute approximate surface area is 82.6 Å². The molecule has 0 bridgehead atoms. The normalized spacial score (nSPS) is 9.50. The number of hydrogen-bond donors (Lipinski definition) is 1. The van der Waals surface area contributed by atoms with Gasteiger partial charge in [0.2, 0.25) is 0 Å². The highest BCUT2D eigenvalue weighted by Gasteiger charge is 2.11. The van der Waals surface area contributed by atoms with Crippen LogP contribution in [-0.4, -0.2) is 11.1 Å². The third-order valence-electron chi connectivity index (χ3n) is 2.22. The van der Waals surface area contributed by atoms with Crippen LogP contribution in [0.1, 0.15) is 27.0 Å². The maximum Gasteiger partial charge on any atom is 0.336 e. The first kappa shape index (κ1) is 10.3. The Balaban J connectivity index is 3.32. The van der Waals surface area contributed by atoms with Crippen molar-refractivity contribution < 1.29 is 9.90 Å². The van der Waals surface area contributed by atoms with Crippen LogP contribution in [0.15, 0.2) is 12.1 Å². The fourth-order valence-electron chi connectivity index (χ4n) is 1.31. The Morgan fingerprint density at radius 3 is 2.50 bits per heavy atom. The topological polar surface area (TPSA) is 61.1 Å². The Bertz CT molecular complexity index is 416. The number of carboxylic acid groups (broad SMARTS) is 1. The summed E-state index contributed by atoms with van der Waals surface area (Å²) >= 11 is 0. The van der Waals surface area contributed by atoms with Crippen molar-refractivity contribution in [1.82, 2.24) is 0 Å². The van der Waals surface area contributed by atoms with Crippen LogP contribution in [0.25, 0.3) is 0 Å². The molecule has 72 valence electrons. The molecule has 1 aromatic rings. The summed E-state index contributed by atoms with van der Waals surface area (Å²) < 4.78 is 0. The molecule has 1 rings (SSSR count). The number of aromatic carboxylic acids is 1. The molecule has 0 aliphatic carbocycles. The minimum Gasteiger partial charge on any atom is -0.478 e. The van der Waals surface area contributed by atoms with Crippen LogP contribution in [-0.2, 0) is 6.42 Å². The van der Waals surface area contributed by atoms with Gasteiger partial charge in [0.1, 0.15) is 0 Å². The van der Waals surface area contributed by atoms with Crippen LogP contribution < -0.4 is 0 Å². The monoisotopic (exact) mass is 189 g/mol. The summed E-state index contributed by atoms with van der Waals surface area (Å²) in [7, 11) is 0. The molecule has 0 amide bonds. The first-order valence-electron chi connectivity index (χ1n) is 4.26. The number of rotatable bonds is 2. The third kappa shape index (κ3) is 1.91. The molecule has 0 saturated carbocycles. The van der Waals surface area contributed by atoms with Gasteiger partial charge in [-0.3, -0.25) is 0 Å². The van der Waals surface area contributed by atoms with E-state index in [1.165, 1.54) is 0 Å². The van der Waals surface area contributed by atoms with Crippen LogP contribution >= 0.6 is 0 Å². The highest BCUT2D eigenvalue weighted by molar-refractivity contribution is 5.90. The molecule has 0 aliphatic heterocycles. The van der Waals surface area contributed by atoms with E-state index in [0.717, 1.165) is 11.1 Å². The van der Waals surface area contributed by atoms with Crippen molar-refractivity contribution in [3.05, 3.63) is 34.4 Å². The van der Waals surface area contributed by atoms with Gasteiger partial charge in [-0.25, -0.2) is 4.79 Å². The van der Waals surface area contributed by atoms with E-state index in [4.69, 9.17) is 10.4 Å². The molecule has 0 heterocycles. The summed E-state index contributed by atoms with van der Waals surface area (Å²) in [5.41, 5.74) is 2.77. The molecule has 0 aromatic heterocycles. The van der Waals surface area contributed by atoms with E-state index >= 15 is 0 Å². The smallest absolute Gasteiger partial charge is 0.336 e. The Morgan fingerprint density at radius 2 is 2.00 bits per heavy atom. The standard InChI is InChI=1S/C11H11NO2/c1-7-5-9(3-4-12)10(11(13)14)6-8(7)2/h5-6H,3H2,1-2H3,(H,13,14). The van der Waals surface area contributed by atoms with Gasteiger partial charge >= 0.3 is 5.97 Å². The second-order valence-electron chi connectivity index (χ2n) is 3.23. The van der Waals surface area contributed by atoms with Crippen LogP contribution in [0.5, 0.6) is 0 Å². The van der Waals surface area contributed by atoms with Gasteiger partial charge in [-0.1, -0.05) is 6.07 Å². The van der Waals surface area contributed by atoms with E-state index in [-0.39, 0.29) is 12.0 Å². The summed E-state index contributed by atoms with van der Waals surface area (Å²) in [6, 6.07) is 5.34. The molecular formula is C11H11NO2. The zero-order chi connectivity index (χ0) is 10.7. The van der Waals surface area contributed by atoms with Crippen LogP contribution in [0, 0.1) is 25.2 Å². The van der Waals surface area contributed by atoms with Gasteiger partial charge in [0.25, 0.3) is 0 Å². The predicted molar refractivity (Wildman–Crippen MR) is 52.2 cm³/mol. The Hall–Kier alpha value is -1.82. The third-order valence-corrected chi connectivity index (χ3v) is 2.22. The molecule has 0 radical (unpaired) electrons. The fraction of sp³-hybridized carbons (Fsp3) is 0.273. The van der Waals surface area contributed by atoms with Crippen LogP contribution in [0.4, 0.5) is 0 Å². The average molecular weight is 189 g/mol. The van der Waals surface area contributed by atoms with E-state index < -0.39 is 5.97 Å². The van der Waals surface area contributed by atoms with Crippen molar-refractivity contribution in [3.63, 3.8) is 0 Å². The number of carboxylic acids is 1. The van der Waals surface area contributed by atoms with Crippen molar-refractivity contribution in [2.75, 3.05) is 0 Å². The van der Waals surface area contributed by atoms with Crippen molar-refractivity contribution in [2.24, 2.45) is 0 Å². The molecule has 1 N–H and O–H groups in total. The van der Waals surface area contributed by atoms with E-state index in [1.54, 1.807) is 12.1 Å². The molecule has 14 heavy (non-hydrogen) atoms. The van der Waals surface area contributed by atoms with E-state index in [0.29, 0.717) is 5.56 Å². The molecule has 0 aliphatic rings. The molecule has 0 atom stereocenters. The first-order valence-corrected chi connectivity index (χ1v) is 4.26. The van der Waals surface area contributed by atoms with E-state index in [1.807, 2.05) is 19.9 Å². The fourth-order valence-corrected chi connectivity index (χ4v) is 1.31. The van der Waals surface area contributed by atoms with Crippen LogP contribution in [0.3, 0.4) is 0 Å². The Morgan fingerprint density at radius 1 is 1.43 bits per heavy atom. The predicted octanol–water partition coefficient (Wildman–Crippen LogP) is 2.07. The number of hydrogen-bond acceptors (Lipinski definition) is 2. The lowest BCUT2D eigenvalue weighted by Gasteiger charge is -2.06. The quantitative estimate of drug-likeness (QED) is 0.774. The van der Waals surface area contributed by atoms with Crippen molar-refractivity contribution in [2.45, 2.75) is 20.3 Å². The van der Waals surface area contributed by atoms with E-state index in [2.05, 4.69) is 0 Å². The number of nitriles is 1. The molecule has 1 aromatic carbocycles. The lowest BCUT2D eigenvalue weighted by atomic mass is 9.98. The van der Waals surface area contributed by atoms with Crippen molar-refractivity contribution >= 4 is 5.97 Å². The number of nitrogens with zero attached hydrogens (tertiary/aromatic N) is 1. The lowest BCUT2D eigenvalue weighted by molar-refractivity contribution is 0.0696. The van der Waals surface area contributed by atoms with Gasteiger partial charge in [-0.15, -0.1) is 0 Å². The highest BCUT2D eigenvalue weighted by Crippen LogP contribution is 2.16.